The van der Waals surface area contributed by atoms with Gasteiger partial charge in [-0.1, -0.05) is 71.1 Å². The number of nitrogens with one attached hydrogen (secondary N) is 2. The van der Waals surface area contributed by atoms with E-state index in [2.05, 4.69) is 17.6 Å². The monoisotopic (exact) mass is 333 g/mol. The summed E-state index contributed by atoms with van der Waals surface area (Å²) in [6.45, 7) is 2.92. The Hall–Kier alpha value is -1.50. The Kier molecular flexibility index (Phi) is 11.9. The molecule has 0 spiro atoms. The summed E-state index contributed by atoms with van der Waals surface area (Å²) >= 11 is 0. The first-order valence-electron chi connectivity index (χ1n) is 9.92. The summed E-state index contributed by atoms with van der Waals surface area (Å²) in [7, 11) is 0. The molecule has 0 atom stereocenters. The number of unbranched alkanes of at least 4 members (excludes halogenated alkanes) is 1. The molecule has 0 radical (unpaired) electrons. The molecule has 0 unspecified atom stereocenters. The molecule has 0 aromatic carbocycles. The summed E-state index contributed by atoms with van der Waals surface area (Å²) in [5.74, 6) is -0.224. The number of carbonyl (C=O) groups excluding carboxylic acids is 1. The van der Waals surface area contributed by atoms with Crippen LogP contribution < -0.4 is 10.6 Å². The topological polar surface area (TPSA) is 64.9 Å². The lowest BCUT2D eigenvalue weighted by atomic mass is 9.98. The second-order valence-electron chi connectivity index (χ2n) is 6.91. The van der Waals surface area contributed by atoms with E-state index in [-0.39, 0.29) is 17.5 Å². The van der Waals surface area contributed by atoms with E-state index in [1.54, 1.807) is 6.20 Å². The first-order chi connectivity index (χ1) is 11.8. The number of nitriles is 1. The second kappa shape index (κ2) is 13.9. The van der Waals surface area contributed by atoms with E-state index in [1.807, 2.05) is 6.07 Å². The first-order valence-corrected chi connectivity index (χ1v) is 9.92. The molecule has 1 saturated carbocycles. The summed E-state index contributed by atoms with van der Waals surface area (Å²) < 4.78 is 0. The van der Waals surface area contributed by atoms with Crippen LogP contribution in [0.1, 0.15) is 90.4 Å². The van der Waals surface area contributed by atoms with Crippen molar-refractivity contribution >= 4 is 5.91 Å². The number of nitrogens with zero attached hydrogens (tertiary/aromatic N) is 1. The third kappa shape index (κ3) is 9.60. The molecule has 0 aliphatic heterocycles. The van der Waals surface area contributed by atoms with Gasteiger partial charge in [0.05, 0.1) is 0 Å². The van der Waals surface area contributed by atoms with Crippen LogP contribution in [0.5, 0.6) is 0 Å². The maximum absolute atomic E-state index is 12.3. The van der Waals surface area contributed by atoms with Crippen LogP contribution in [0.25, 0.3) is 0 Å². The lowest BCUT2D eigenvalue weighted by Crippen LogP contribution is -2.36. The van der Waals surface area contributed by atoms with Gasteiger partial charge in [-0.05, 0) is 19.3 Å². The number of carbonyl (C=O) groups is 1. The molecule has 1 rings (SSSR count). The van der Waals surface area contributed by atoms with Gasteiger partial charge in [0, 0.05) is 18.8 Å². The van der Waals surface area contributed by atoms with Crippen molar-refractivity contribution in [2.45, 2.75) is 96.4 Å². The predicted octanol–water partition coefficient (Wildman–Crippen LogP) is 4.57. The maximum Gasteiger partial charge on any atom is 0.263 e. The molecule has 1 amide bonds. The molecule has 0 bridgehead atoms. The largest absolute Gasteiger partial charge is 0.390 e. The van der Waals surface area contributed by atoms with E-state index >= 15 is 0 Å². The molecule has 0 aromatic heterocycles. The normalized spacial score (nSPS) is 18.8. The zero-order chi connectivity index (χ0) is 17.5. The highest BCUT2D eigenvalue weighted by Crippen LogP contribution is 2.17. The number of hydrogen-bond donors (Lipinski definition) is 2. The lowest BCUT2D eigenvalue weighted by molar-refractivity contribution is -0.117. The highest BCUT2D eigenvalue weighted by atomic mass is 16.1. The van der Waals surface area contributed by atoms with Crippen molar-refractivity contribution in [3.63, 3.8) is 0 Å². The van der Waals surface area contributed by atoms with Gasteiger partial charge in [-0.3, -0.25) is 4.79 Å². The van der Waals surface area contributed by atoms with E-state index in [0.29, 0.717) is 0 Å². The smallest absolute Gasteiger partial charge is 0.263 e. The number of hydrogen-bond acceptors (Lipinski definition) is 3. The van der Waals surface area contributed by atoms with Crippen molar-refractivity contribution < 1.29 is 4.79 Å². The Balaban J connectivity index is 2.47. The van der Waals surface area contributed by atoms with Crippen LogP contribution in [0.15, 0.2) is 11.8 Å². The molecule has 1 aliphatic rings. The van der Waals surface area contributed by atoms with E-state index < -0.39 is 0 Å². The van der Waals surface area contributed by atoms with Gasteiger partial charge in [-0.25, -0.2) is 0 Å². The minimum Gasteiger partial charge on any atom is -0.390 e. The van der Waals surface area contributed by atoms with E-state index in [1.165, 1.54) is 57.8 Å². The Morgan fingerprint density at radius 1 is 1.04 bits per heavy atom. The fourth-order valence-corrected chi connectivity index (χ4v) is 3.17. The van der Waals surface area contributed by atoms with Crippen molar-refractivity contribution in [3.05, 3.63) is 11.8 Å². The number of amides is 1. The van der Waals surface area contributed by atoms with Crippen LogP contribution in [0.3, 0.4) is 0 Å². The highest BCUT2D eigenvalue weighted by molar-refractivity contribution is 5.97. The van der Waals surface area contributed by atoms with Gasteiger partial charge in [-0.2, -0.15) is 5.26 Å². The maximum atomic E-state index is 12.3. The molecule has 136 valence electrons. The molecule has 24 heavy (non-hydrogen) atoms. The average Bonchev–Trinajstić information content (AvgIpc) is 2.57. The molecule has 0 aromatic rings. The molecule has 1 aliphatic carbocycles. The van der Waals surface area contributed by atoms with Crippen molar-refractivity contribution in [2.75, 3.05) is 6.54 Å². The van der Waals surface area contributed by atoms with E-state index in [9.17, 15) is 10.1 Å². The van der Waals surface area contributed by atoms with Crippen LogP contribution in [-0.4, -0.2) is 18.5 Å². The summed E-state index contributed by atoms with van der Waals surface area (Å²) in [5, 5.41) is 15.4. The molecule has 4 nitrogen and oxygen atoms in total. The van der Waals surface area contributed by atoms with Crippen LogP contribution in [-0.2, 0) is 4.79 Å². The number of rotatable bonds is 6. The van der Waals surface area contributed by atoms with Gasteiger partial charge in [0.2, 0.25) is 0 Å². The minimum absolute atomic E-state index is 0.192. The van der Waals surface area contributed by atoms with Crippen LogP contribution in [0.2, 0.25) is 0 Å². The van der Waals surface area contributed by atoms with Crippen molar-refractivity contribution in [2.24, 2.45) is 0 Å². The SMILES string of the molecule is CCCCN/C=C(/C#N)C(=O)NC1CCCCCCCCCCC1. The first kappa shape index (κ1) is 20.5. The van der Waals surface area contributed by atoms with Crippen LogP contribution in [0, 0.1) is 11.3 Å². The molecule has 1 fully saturated rings. The van der Waals surface area contributed by atoms with Gasteiger partial charge >= 0.3 is 0 Å². The van der Waals surface area contributed by atoms with E-state index in [0.717, 1.165) is 32.2 Å². The molecule has 2 N–H and O–H groups in total. The minimum atomic E-state index is -0.224. The van der Waals surface area contributed by atoms with Gasteiger partial charge in [0.1, 0.15) is 11.6 Å². The van der Waals surface area contributed by atoms with Crippen molar-refractivity contribution in [1.82, 2.24) is 10.6 Å². The standard InChI is InChI=1S/C20H35N3O/c1-2-3-15-22-17-18(16-21)20(24)23-19-13-11-9-7-5-4-6-8-10-12-14-19/h17,19,22H,2-15H2,1H3,(H,23,24)/b18-17-. The van der Waals surface area contributed by atoms with Crippen molar-refractivity contribution in [3.8, 4) is 6.07 Å². The zero-order valence-corrected chi connectivity index (χ0v) is 15.4. The summed E-state index contributed by atoms with van der Waals surface area (Å²) in [6, 6.07) is 2.24. The van der Waals surface area contributed by atoms with Crippen LogP contribution in [0.4, 0.5) is 0 Å². The Bertz CT molecular complexity index is 400. The van der Waals surface area contributed by atoms with Crippen molar-refractivity contribution in [1.29, 1.82) is 5.26 Å². The average molecular weight is 334 g/mol. The Labute approximate surface area is 148 Å². The molecule has 4 heteroatoms. The molecule has 0 heterocycles. The van der Waals surface area contributed by atoms with E-state index in [4.69, 9.17) is 0 Å². The fourth-order valence-electron chi connectivity index (χ4n) is 3.17. The van der Waals surface area contributed by atoms with Crippen LogP contribution >= 0.6 is 0 Å². The second-order valence-corrected chi connectivity index (χ2v) is 6.91. The highest BCUT2D eigenvalue weighted by Gasteiger charge is 2.15. The third-order valence-electron chi connectivity index (χ3n) is 4.73. The van der Waals surface area contributed by atoms with Gasteiger partial charge in [-0.15, -0.1) is 0 Å². The molecular formula is C20H35N3O. The molecule has 0 saturated heterocycles. The van der Waals surface area contributed by atoms with Gasteiger partial charge in [0.25, 0.3) is 5.91 Å². The predicted molar refractivity (Wildman–Crippen MR) is 99.3 cm³/mol. The lowest BCUT2D eigenvalue weighted by Gasteiger charge is -2.19. The summed E-state index contributed by atoms with van der Waals surface area (Å²) in [4.78, 5) is 12.3. The fraction of sp³-hybridized carbons (Fsp3) is 0.800. The zero-order valence-electron chi connectivity index (χ0n) is 15.4. The summed E-state index contributed by atoms with van der Waals surface area (Å²) in [6.07, 6.45) is 17.3. The molecular weight excluding hydrogens is 298 g/mol. The Morgan fingerprint density at radius 3 is 2.08 bits per heavy atom. The van der Waals surface area contributed by atoms with Gasteiger partial charge in [0.15, 0.2) is 0 Å². The third-order valence-corrected chi connectivity index (χ3v) is 4.73. The van der Waals surface area contributed by atoms with Gasteiger partial charge < -0.3 is 10.6 Å². The summed E-state index contributed by atoms with van der Waals surface area (Å²) in [5.41, 5.74) is 0.192. The Morgan fingerprint density at radius 2 is 1.58 bits per heavy atom. The quantitative estimate of drug-likeness (QED) is 0.425.